The maximum Gasteiger partial charge on any atom is 0.407 e. The first kappa shape index (κ1) is 31.1. The minimum atomic E-state index is -0.758. The van der Waals surface area contributed by atoms with Crippen molar-refractivity contribution >= 4 is 22.9 Å². The summed E-state index contributed by atoms with van der Waals surface area (Å²) in [5, 5.41) is 15.8. The smallest absolute Gasteiger partial charge is 0.407 e. The first-order valence-corrected chi connectivity index (χ1v) is 17.4. The molecule has 1 saturated carbocycles. The third kappa shape index (κ3) is 5.56. The number of nitrogens with two attached hydrogens (primary N) is 1. The third-order valence-electron chi connectivity index (χ3n) is 11.4. The van der Waals surface area contributed by atoms with Crippen LogP contribution >= 0.6 is 0 Å². The number of carbonyl (C=O) groups is 1. The van der Waals surface area contributed by atoms with Crippen molar-refractivity contribution in [2.45, 2.75) is 70.6 Å². The van der Waals surface area contributed by atoms with Gasteiger partial charge in [0.25, 0.3) is 0 Å². The molecule has 11 nitrogen and oxygen atoms in total. The Hall–Kier alpha value is -4.22. The van der Waals surface area contributed by atoms with E-state index in [1.165, 1.54) is 6.33 Å². The lowest BCUT2D eigenvalue weighted by atomic mass is 9.77. The third-order valence-corrected chi connectivity index (χ3v) is 11.4. The van der Waals surface area contributed by atoms with Crippen LogP contribution in [0, 0.1) is 17.3 Å². The fourth-order valence-electron chi connectivity index (χ4n) is 9.20. The van der Waals surface area contributed by atoms with Crippen LogP contribution in [0.4, 0.5) is 10.6 Å². The summed E-state index contributed by atoms with van der Waals surface area (Å²) in [7, 11) is 0. The second-order valence-corrected chi connectivity index (χ2v) is 15.4. The van der Waals surface area contributed by atoms with Gasteiger partial charge in [-0.25, -0.2) is 19.4 Å². The maximum absolute atomic E-state index is 12.0. The van der Waals surface area contributed by atoms with Crippen molar-refractivity contribution in [3.8, 4) is 22.8 Å². The van der Waals surface area contributed by atoms with E-state index in [4.69, 9.17) is 15.6 Å². The number of likely N-dealkylation sites (tertiary alicyclic amines) is 3. The van der Waals surface area contributed by atoms with Crippen molar-refractivity contribution in [2.75, 3.05) is 38.5 Å². The van der Waals surface area contributed by atoms with Crippen LogP contribution in [0.1, 0.15) is 52.5 Å². The van der Waals surface area contributed by atoms with Crippen molar-refractivity contribution in [1.29, 1.82) is 0 Å². The second kappa shape index (κ2) is 12.0. The Kier molecular flexibility index (Phi) is 7.79. The molecule has 3 saturated heterocycles. The standard InChI is InChI=1S/C37H46N8O3/c1-37(2,3)33-30-18-26(17-24(30)19-44(33)36(46)47)43-20-27(21-43)42-15-13-25(14-16-42)45-35-31(34(38)39-22-40-35)32(41-45)23-9-11-29(12-10-23)48-28-7-5-4-6-8-28/h4-12,22,24-27,30,33H,13-21H2,1-3H3,(H,46,47)(H2,38,39,40)/t24-,26?,30-,33?/m0/s1. The lowest BCUT2D eigenvalue weighted by Crippen LogP contribution is -2.63. The van der Waals surface area contributed by atoms with Crippen LogP contribution in [0.3, 0.4) is 0 Å². The van der Waals surface area contributed by atoms with E-state index in [1.54, 1.807) is 4.90 Å². The fraction of sp³-hybridized carbons (Fsp3) is 0.514. The number of amides is 1. The number of hydrogen-bond donors (Lipinski definition) is 2. The van der Waals surface area contributed by atoms with Crippen LogP contribution in [0.15, 0.2) is 60.9 Å². The topological polar surface area (TPSA) is 126 Å². The molecule has 4 atom stereocenters. The van der Waals surface area contributed by atoms with Crippen molar-refractivity contribution < 1.29 is 14.6 Å². The Bertz CT molecular complexity index is 1770. The van der Waals surface area contributed by atoms with Crippen LogP contribution < -0.4 is 10.5 Å². The normalized spacial score (nSPS) is 25.8. The van der Waals surface area contributed by atoms with E-state index in [0.717, 1.165) is 85.7 Å². The molecule has 2 unspecified atom stereocenters. The highest BCUT2D eigenvalue weighted by Crippen LogP contribution is 2.50. The number of piperidine rings is 1. The van der Waals surface area contributed by atoms with Crippen LogP contribution in [0.5, 0.6) is 11.5 Å². The predicted octanol–water partition coefficient (Wildman–Crippen LogP) is 5.99. The number of hydrogen-bond acceptors (Lipinski definition) is 8. The highest BCUT2D eigenvalue weighted by molar-refractivity contribution is 5.98. The van der Waals surface area contributed by atoms with Crippen LogP contribution in [-0.4, -0.2) is 96.5 Å². The van der Waals surface area contributed by atoms with Crippen molar-refractivity contribution in [1.82, 2.24) is 34.4 Å². The zero-order valence-corrected chi connectivity index (χ0v) is 28.1. The summed E-state index contributed by atoms with van der Waals surface area (Å²) in [5.41, 5.74) is 8.92. The quantitative estimate of drug-likeness (QED) is 0.259. The van der Waals surface area contributed by atoms with E-state index >= 15 is 0 Å². The van der Waals surface area contributed by atoms with Gasteiger partial charge in [-0.1, -0.05) is 39.0 Å². The van der Waals surface area contributed by atoms with Crippen molar-refractivity contribution in [3.05, 3.63) is 60.9 Å². The van der Waals surface area contributed by atoms with E-state index in [1.807, 2.05) is 54.6 Å². The minimum Gasteiger partial charge on any atom is -0.465 e. The first-order chi connectivity index (χ1) is 23.1. The van der Waals surface area contributed by atoms with E-state index in [0.29, 0.717) is 36.3 Å². The molecule has 1 amide bonds. The summed E-state index contributed by atoms with van der Waals surface area (Å²) in [6.45, 7) is 11.6. The lowest BCUT2D eigenvalue weighted by Gasteiger charge is -2.50. The molecule has 11 heteroatoms. The van der Waals surface area contributed by atoms with Gasteiger partial charge in [-0.2, -0.15) is 5.10 Å². The van der Waals surface area contributed by atoms with Crippen molar-refractivity contribution in [3.63, 3.8) is 0 Å². The van der Waals surface area contributed by atoms with Gasteiger partial charge < -0.3 is 20.5 Å². The number of ether oxygens (including phenoxy) is 1. The number of para-hydroxylation sites is 1. The monoisotopic (exact) mass is 650 g/mol. The Morgan fingerprint density at radius 1 is 0.875 bits per heavy atom. The fourth-order valence-corrected chi connectivity index (χ4v) is 9.20. The number of rotatable bonds is 6. The van der Waals surface area contributed by atoms with Gasteiger partial charge in [0.05, 0.1) is 11.4 Å². The molecule has 4 aromatic rings. The zero-order valence-electron chi connectivity index (χ0n) is 28.1. The molecule has 4 aliphatic rings. The van der Waals surface area contributed by atoms with Gasteiger partial charge in [0.1, 0.15) is 29.3 Å². The number of nitrogen functional groups attached to an aromatic ring is 1. The summed E-state index contributed by atoms with van der Waals surface area (Å²) in [6.07, 6.45) is 5.03. The molecule has 0 bridgehead atoms. The molecule has 4 fully saturated rings. The predicted molar refractivity (Wildman–Crippen MR) is 185 cm³/mol. The highest BCUT2D eigenvalue weighted by Gasteiger charge is 2.54. The summed E-state index contributed by atoms with van der Waals surface area (Å²) in [6, 6.07) is 19.2. The molecule has 3 aliphatic heterocycles. The van der Waals surface area contributed by atoms with Gasteiger partial charge in [0.15, 0.2) is 5.65 Å². The summed E-state index contributed by atoms with van der Waals surface area (Å²) in [5.74, 6) is 2.95. The Balaban J connectivity index is 0.903. The molecule has 8 rings (SSSR count). The molecule has 2 aromatic carbocycles. The van der Waals surface area contributed by atoms with E-state index in [-0.39, 0.29) is 17.5 Å². The van der Waals surface area contributed by atoms with Gasteiger partial charge in [0, 0.05) is 56.4 Å². The summed E-state index contributed by atoms with van der Waals surface area (Å²) < 4.78 is 8.09. The number of nitrogens with zero attached hydrogens (tertiary/aromatic N) is 7. The Labute approximate surface area is 281 Å². The molecule has 252 valence electrons. The zero-order chi connectivity index (χ0) is 33.2. The second-order valence-electron chi connectivity index (χ2n) is 15.4. The highest BCUT2D eigenvalue weighted by atomic mass is 16.5. The molecule has 3 N–H and O–H groups in total. The number of benzene rings is 2. The maximum atomic E-state index is 12.0. The first-order valence-electron chi connectivity index (χ1n) is 17.4. The number of aromatic nitrogens is 4. The Morgan fingerprint density at radius 3 is 2.27 bits per heavy atom. The van der Waals surface area contributed by atoms with Gasteiger partial charge >= 0.3 is 6.09 Å². The molecule has 1 aliphatic carbocycles. The van der Waals surface area contributed by atoms with Gasteiger partial charge in [0.2, 0.25) is 0 Å². The average Bonchev–Trinajstić information content (AvgIpc) is 3.73. The van der Waals surface area contributed by atoms with E-state index < -0.39 is 6.09 Å². The molecule has 0 radical (unpaired) electrons. The molecular weight excluding hydrogens is 604 g/mol. The van der Waals surface area contributed by atoms with Gasteiger partial charge in [-0.15, -0.1) is 0 Å². The molecule has 0 spiro atoms. The molecular formula is C37H46N8O3. The number of anilines is 1. The minimum absolute atomic E-state index is 0.0466. The SMILES string of the molecule is CC(C)(C)C1[C@H]2CC(N3CC(N4CCC(n5nc(-c6ccc(Oc7ccccc7)cc6)c6c(N)ncnc65)CC4)C3)C[C@H]2CN1C(=O)O. The molecule has 5 heterocycles. The van der Waals surface area contributed by atoms with E-state index in [9.17, 15) is 9.90 Å². The molecule has 2 aromatic heterocycles. The van der Waals surface area contributed by atoms with Crippen LogP contribution in [-0.2, 0) is 0 Å². The van der Waals surface area contributed by atoms with Crippen molar-refractivity contribution in [2.24, 2.45) is 17.3 Å². The summed E-state index contributed by atoms with van der Waals surface area (Å²) >= 11 is 0. The largest absolute Gasteiger partial charge is 0.465 e. The van der Waals surface area contributed by atoms with Gasteiger partial charge in [-0.05, 0) is 79.3 Å². The number of fused-ring (bicyclic) bond motifs is 2. The number of carboxylic acid groups (broad SMARTS) is 1. The lowest BCUT2D eigenvalue weighted by molar-refractivity contribution is -0.0125. The summed E-state index contributed by atoms with van der Waals surface area (Å²) in [4.78, 5) is 28.0. The molecule has 48 heavy (non-hydrogen) atoms. The van der Waals surface area contributed by atoms with Crippen LogP contribution in [0.2, 0.25) is 0 Å². The van der Waals surface area contributed by atoms with Gasteiger partial charge in [-0.3, -0.25) is 9.80 Å². The average molecular weight is 651 g/mol. The van der Waals surface area contributed by atoms with E-state index in [2.05, 4.69) is 45.2 Å². The van der Waals surface area contributed by atoms with Crippen LogP contribution in [0.25, 0.3) is 22.3 Å². The Morgan fingerprint density at radius 2 is 1.58 bits per heavy atom.